The molecule has 0 fully saturated rings. The topological polar surface area (TPSA) is 20.2 Å². The molecule has 0 aliphatic rings. The van der Waals surface area contributed by atoms with E-state index in [0.717, 1.165) is 37.7 Å². The van der Waals surface area contributed by atoms with E-state index in [-0.39, 0.29) is 0 Å². The van der Waals surface area contributed by atoms with Crippen molar-refractivity contribution in [3.63, 3.8) is 0 Å². The van der Waals surface area contributed by atoms with Crippen molar-refractivity contribution in [3.05, 3.63) is 35.9 Å². The Morgan fingerprint density at radius 3 is 2.06 bits per heavy atom. The maximum absolute atomic E-state index is 10.9. The highest BCUT2D eigenvalue weighted by atomic mass is 16.3. The standard InChI is InChI=1S/C17H28O/c1-3-5-7-11-15-17(18,14-6-4-2)16-12-9-8-10-13-16/h8-10,12-13,18H,3-7,11,14-15H2,1-2H3. The minimum atomic E-state index is -0.606. The molecule has 18 heavy (non-hydrogen) atoms. The molecule has 0 saturated heterocycles. The Kier molecular flexibility index (Phi) is 7.04. The number of rotatable bonds is 9. The van der Waals surface area contributed by atoms with E-state index in [4.69, 9.17) is 0 Å². The predicted molar refractivity (Wildman–Crippen MR) is 78.6 cm³/mol. The van der Waals surface area contributed by atoms with Crippen molar-refractivity contribution in [2.24, 2.45) is 0 Å². The maximum Gasteiger partial charge on any atom is 0.0896 e. The Bertz CT molecular complexity index is 307. The highest BCUT2D eigenvalue weighted by Gasteiger charge is 2.27. The van der Waals surface area contributed by atoms with Crippen molar-refractivity contribution in [2.75, 3.05) is 0 Å². The van der Waals surface area contributed by atoms with Crippen LogP contribution >= 0.6 is 0 Å². The number of aliphatic hydroxyl groups is 1. The van der Waals surface area contributed by atoms with Crippen molar-refractivity contribution < 1.29 is 5.11 Å². The van der Waals surface area contributed by atoms with Crippen LogP contribution in [0.3, 0.4) is 0 Å². The van der Waals surface area contributed by atoms with Crippen molar-refractivity contribution >= 4 is 0 Å². The zero-order valence-corrected chi connectivity index (χ0v) is 12.0. The molecular weight excluding hydrogens is 220 g/mol. The lowest BCUT2D eigenvalue weighted by molar-refractivity contribution is 0.0137. The van der Waals surface area contributed by atoms with E-state index in [1.807, 2.05) is 18.2 Å². The third-order valence-electron chi connectivity index (χ3n) is 3.70. The van der Waals surface area contributed by atoms with Crippen LogP contribution in [0, 0.1) is 0 Å². The van der Waals surface area contributed by atoms with Crippen LogP contribution in [0.1, 0.15) is 70.8 Å². The van der Waals surface area contributed by atoms with Crippen LogP contribution in [0.5, 0.6) is 0 Å². The fraction of sp³-hybridized carbons (Fsp3) is 0.647. The van der Waals surface area contributed by atoms with Gasteiger partial charge in [-0.1, -0.05) is 82.7 Å². The summed E-state index contributed by atoms with van der Waals surface area (Å²) in [5.74, 6) is 0. The Balaban J connectivity index is 2.63. The second kappa shape index (κ2) is 8.31. The first-order valence-corrected chi connectivity index (χ1v) is 7.51. The Morgan fingerprint density at radius 2 is 1.44 bits per heavy atom. The summed E-state index contributed by atoms with van der Waals surface area (Å²) in [7, 11) is 0. The van der Waals surface area contributed by atoms with E-state index in [9.17, 15) is 5.11 Å². The van der Waals surface area contributed by atoms with Gasteiger partial charge in [0.1, 0.15) is 0 Å². The average molecular weight is 248 g/mol. The minimum Gasteiger partial charge on any atom is -0.385 e. The second-order valence-corrected chi connectivity index (χ2v) is 5.31. The van der Waals surface area contributed by atoms with Gasteiger partial charge in [0.15, 0.2) is 0 Å². The summed E-state index contributed by atoms with van der Waals surface area (Å²) in [6.45, 7) is 4.41. The number of hydrogen-bond donors (Lipinski definition) is 1. The van der Waals surface area contributed by atoms with Gasteiger partial charge in [-0.2, -0.15) is 0 Å². The summed E-state index contributed by atoms with van der Waals surface area (Å²) >= 11 is 0. The van der Waals surface area contributed by atoms with Crippen LogP contribution in [0.25, 0.3) is 0 Å². The molecule has 0 bridgehead atoms. The zero-order valence-electron chi connectivity index (χ0n) is 12.0. The van der Waals surface area contributed by atoms with Crippen molar-refractivity contribution in [1.29, 1.82) is 0 Å². The molecule has 1 heteroatoms. The van der Waals surface area contributed by atoms with E-state index >= 15 is 0 Å². The Hall–Kier alpha value is -0.820. The third-order valence-corrected chi connectivity index (χ3v) is 3.70. The van der Waals surface area contributed by atoms with Gasteiger partial charge in [-0.25, -0.2) is 0 Å². The molecule has 0 aliphatic carbocycles. The lowest BCUT2D eigenvalue weighted by atomic mass is 9.84. The molecule has 0 aliphatic heterocycles. The van der Waals surface area contributed by atoms with Crippen molar-refractivity contribution in [1.82, 2.24) is 0 Å². The largest absolute Gasteiger partial charge is 0.385 e. The fourth-order valence-corrected chi connectivity index (χ4v) is 2.48. The van der Waals surface area contributed by atoms with Crippen molar-refractivity contribution in [3.8, 4) is 0 Å². The quantitative estimate of drug-likeness (QED) is 0.607. The molecule has 0 heterocycles. The highest BCUT2D eigenvalue weighted by molar-refractivity contribution is 5.22. The molecule has 1 atom stereocenters. The van der Waals surface area contributed by atoms with Crippen LogP contribution < -0.4 is 0 Å². The van der Waals surface area contributed by atoms with E-state index < -0.39 is 5.60 Å². The summed E-state index contributed by atoms with van der Waals surface area (Å²) in [5.41, 5.74) is 0.486. The molecule has 0 aromatic heterocycles. The first kappa shape index (κ1) is 15.2. The SMILES string of the molecule is CCCCCCC(O)(CCCC)c1ccccc1. The summed E-state index contributed by atoms with van der Waals surface area (Å²) in [4.78, 5) is 0. The summed E-state index contributed by atoms with van der Waals surface area (Å²) in [5, 5.41) is 10.9. The molecule has 1 aromatic rings. The molecule has 0 amide bonds. The fourth-order valence-electron chi connectivity index (χ4n) is 2.48. The minimum absolute atomic E-state index is 0.606. The number of hydrogen-bond acceptors (Lipinski definition) is 1. The van der Waals surface area contributed by atoms with Gasteiger partial charge in [0.05, 0.1) is 5.60 Å². The molecule has 1 unspecified atom stereocenters. The van der Waals surface area contributed by atoms with Gasteiger partial charge >= 0.3 is 0 Å². The summed E-state index contributed by atoms with van der Waals surface area (Å²) in [6.07, 6.45) is 8.91. The van der Waals surface area contributed by atoms with Gasteiger partial charge in [-0.05, 0) is 18.4 Å². The molecule has 1 aromatic carbocycles. The van der Waals surface area contributed by atoms with Crippen molar-refractivity contribution in [2.45, 2.75) is 70.8 Å². The van der Waals surface area contributed by atoms with E-state index in [1.54, 1.807) is 0 Å². The number of unbranched alkanes of at least 4 members (excludes halogenated alkanes) is 4. The molecule has 0 radical (unpaired) electrons. The van der Waals surface area contributed by atoms with E-state index in [2.05, 4.69) is 26.0 Å². The van der Waals surface area contributed by atoms with Gasteiger partial charge in [0, 0.05) is 0 Å². The first-order valence-electron chi connectivity index (χ1n) is 7.51. The van der Waals surface area contributed by atoms with Gasteiger partial charge in [-0.15, -0.1) is 0 Å². The van der Waals surface area contributed by atoms with Gasteiger partial charge in [0.25, 0.3) is 0 Å². The first-order chi connectivity index (χ1) is 8.73. The lowest BCUT2D eigenvalue weighted by Crippen LogP contribution is -2.25. The predicted octanol–water partition coefficient (Wildman–Crippen LogP) is 5.03. The monoisotopic (exact) mass is 248 g/mol. The molecule has 102 valence electrons. The van der Waals surface area contributed by atoms with Crippen LogP contribution in [0.15, 0.2) is 30.3 Å². The molecule has 1 rings (SSSR count). The molecule has 0 spiro atoms. The van der Waals surface area contributed by atoms with Crippen LogP contribution in [-0.4, -0.2) is 5.11 Å². The lowest BCUT2D eigenvalue weighted by Gasteiger charge is -2.29. The maximum atomic E-state index is 10.9. The molecule has 1 nitrogen and oxygen atoms in total. The summed E-state index contributed by atoms with van der Waals surface area (Å²) < 4.78 is 0. The average Bonchev–Trinajstić information content (AvgIpc) is 2.42. The number of benzene rings is 1. The van der Waals surface area contributed by atoms with E-state index in [0.29, 0.717) is 0 Å². The molecule has 0 saturated carbocycles. The molecular formula is C17H28O. The van der Waals surface area contributed by atoms with E-state index in [1.165, 1.54) is 19.3 Å². The zero-order chi connectivity index (χ0) is 13.3. The van der Waals surface area contributed by atoms with Crippen LogP contribution in [0.4, 0.5) is 0 Å². The Morgan fingerprint density at radius 1 is 0.833 bits per heavy atom. The normalized spacial score (nSPS) is 14.4. The van der Waals surface area contributed by atoms with Gasteiger partial charge < -0.3 is 5.11 Å². The highest BCUT2D eigenvalue weighted by Crippen LogP contribution is 2.32. The molecule has 1 N–H and O–H groups in total. The summed E-state index contributed by atoms with van der Waals surface area (Å²) in [6, 6.07) is 10.2. The third kappa shape index (κ3) is 4.81. The smallest absolute Gasteiger partial charge is 0.0896 e. The van der Waals surface area contributed by atoms with Gasteiger partial charge in [0.2, 0.25) is 0 Å². The van der Waals surface area contributed by atoms with Crippen LogP contribution in [0.2, 0.25) is 0 Å². The Labute approximate surface area is 112 Å². The van der Waals surface area contributed by atoms with Crippen LogP contribution in [-0.2, 0) is 5.60 Å². The van der Waals surface area contributed by atoms with Gasteiger partial charge in [-0.3, -0.25) is 0 Å². The second-order valence-electron chi connectivity index (χ2n) is 5.31.